The van der Waals surface area contributed by atoms with Crippen LogP contribution in [0.25, 0.3) is 0 Å². The highest BCUT2D eigenvalue weighted by atomic mass is 35.5. The molecule has 26 heavy (non-hydrogen) atoms. The van der Waals surface area contributed by atoms with Gasteiger partial charge in [0, 0.05) is 44.3 Å². The van der Waals surface area contributed by atoms with Crippen LogP contribution in [0.1, 0.15) is 28.1 Å². The lowest BCUT2D eigenvalue weighted by Gasteiger charge is -2.22. The van der Waals surface area contributed by atoms with Crippen molar-refractivity contribution in [1.82, 2.24) is 15.5 Å². The van der Waals surface area contributed by atoms with E-state index >= 15 is 0 Å². The molecule has 1 aromatic carbocycles. The molecule has 2 aromatic rings. The summed E-state index contributed by atoms with van der Waals surface area (Å²) in [6, 6.07) is 9.53. The van der Waals surface area contributed by atoms with Crippen LogP contribution in [0, 0.1) is 6.92 Å². The number of benzene rings is 1. The highest BCUT2D eigenvalue weighted by Gasteiger charge is 2.11. The average Bonchev–Trinajstić information content (AvgIpc) is 3.06. The predicted molar refractivity (Wildman–Crippen MR) is 105 cm³/mol. The maximum Gasteiger partial charge on any atom is 0.287 e. The van der Waals surface area contributed by atoms with Gasteiger partial charge in [0.15, 0.2) is 11.7 Å². The first-order chi connectivity index (χ1) is 12.5. The zero-order chi connectivity index (χ0) is 18.9. The molecular weight excluding hydrogens is 352 g/mol. The van der Waals surface area contributed by atoms with Crippen molar-refractivity contribution < 1.29 is 9.21 Å². The summed E-state index contributed by atoms with van der Waals surface area (Å²) in [6.07, 6.45) is 2.30. The van der Waals surface area contributed by atoms with Gasteiger partial charge in [-0.15, -0.1) is 0 Å². The van der Waals surface area contributed by atoms with E-state index in [1.807, 2.05) is 43.1 Å². The SMILES string of the molecule is CN=C(NCCCNC(=O)c1occc1C)N(C)Cc1ccc(Cl)cc1. The second-order valence-electron chi connectivity index (χ2n) is 6.00. The van der Waals surface area contributed by atoms with Crippen molar-refractivity contribution in [3.63, 3.8) is 0 Å². The lowest BCUT2D eigenvalue weighted by atomic mass is 10.2. The van der Waals surface area contributed by atoms with Crippen LogP contribution in [-0.4, -0.2) is 44.0 Å². The van der Waals surface area contributed by atoms with Gasteiger partial charge in [0.05, 0.1) is 6.26 Å². The molecule has 0 aliphatic heterocycles. The maximum atomic E-state index is 11.9. The number of rotatable bonds is 7. The Hall–Kier alpha value is -2.47. The topological polar surface area (TPSA) is 69.9 Å². The van der Waals surface area contributed by atoms with Gasteiger partial charge in [-0.25, -0.2) is 0 Å². The Bertz CT molecular complexity index is 740. The van der Waals surface area contributed by atoms with Crippen LogP contribution < -0.4 is 10.6 Å². The van der Waals surface area contributed by atoms with Crippen LogP contribution in [-0.2, 0) is 6.54 Å². The van der Waals surface area contributed by atoms with E-state index in [0.717, 1.165) is 35.1 Å². The van der Waals surface area contributed by atoms with Gasteiger partial charge in [0.1, 0.15) is 0 Å². The molecule has 1 heterocycles. The van der Waals surface area contributed by atoms with Gasteiger partial charge in [0.2, 0.25) is 0 Å². The molecule has 6 nitrogen and oxygen atoms in total. The summed E-state index contributed by atoms with van der Waals surface area (Å²) in [7, 11) is 3.73. The number of aryl methyl sites for hydroxylation is 1. The van der Waals surface area contributed by atoms with Crippen molar-refractivity contribution in [1.29, 1.82) is 0 Å². The predicted octanol–water partition coefficient (Wildman–Crippen LogP) is 3.07. The Labute approximate surface area is 159 Å². The van der Waals surface area contributed by atoms with E-state index in [9.17, 15) is 4.79 Å². The minimum atomic E-state index is -0.184. The van der Waals surface area contributed by atoms with Crippen LogP contribution in [0.15, 0.2) is 46.0 Å². The quantitative estimate of drug-likeness (QED) is 0.442. The highest BCUT2D eigenvalue weighted by Crippen LogP contribution is 2.11. The summed E-state index contributed by atoms with van der Waals surface area (Å²) < 4.78 is 5.17. The number of amides is 1. The summed E-state index contributed by atoms with van der Waals surface area (Å²) in [5.74, 6) is 0.987. The third kappa shape index (κ3) is 5.81. The second kappa shape index (κ2) is 9.87. The first-order valence-corrected chi connectivity index (χ1v) is 8.87. The molecule has 2 rings (SSSR count). The van der Waals surface area contributed by atoms with Gasteiger partial charge in [-0.3, -0.25) is 9.79 Å². The number of furan rings is 1. The first kappa shape index (κ1) is 19.8. The molecule has 0 atom stereocenters. The maximum absolute atomic E-state index is 11.9. The van der Waals surface area contributed by atoms with Crippen molar-refractivity contribution in [2.75, 3.05) is 27.2 Å². The fourth-order valence-electron chi connectivity index (χ4n) is 2.50. The van der Waals surface area contributed by atoms with E-state index in [-0.39, 0.29) is 5.91 Å². The van der Waals surface area contributed by atoms with E-state index < -0.39 is 0 Å². The Morgan fingerprint density at radius 2 is 1.88 bits per heavy atom. The molecule has 0 saturated carbocycles. The van der Waals surface area contributed by atoms with Crippen LogP contribution >= 0.6 is 11.6 Å². The molecule has 0 spiro atoms. The number of hydrogen-bond donors (Lipinski definition) is 2. The molecule has 140 valence electrons. The van der Waals surface area contributed by atoms with Gasteiger partial charge in [-0.05, 0) is 37.1 Å². The number of carbonyl (C=O) groups excluding carboxylic acids is 1. The normalized spacial score (nSPS) is 11.3. The van der Waals surface area contributed by atoms with E-state index in [1.54, 1.807) is 13.1 Å². The molecule has 7 heteroatoms. The molecule has 0 radical (unpaired) electrons. The highest BCUT2D eigenvalue weighted by molar-refractivity contribution is 6.30. The minimum Gasteiger partial charge on any atom is -0.459 e. The summed E-state index contributed by atoms with van der Waals surface area (Å²) in [6.45, 7) is 3.84. The molecule has 0 unspecified atom stereocenters. The zero-order valence-corrected chi connectivity index (χ0v) is 16.1. The molecule has 0 fully saturated rings. The molecule has 2 N–H and O–H groups in total. The van der Waals surface area contributed by atoms with Gasteiger partial charge < -0.3 is 20.0 Å². The number of hydrogen-bond acceptors (Lipinski definition) is 3. The lowest BCUT2D eigenvalue weighted by Crippen LogP contribution is -2.39. The fraction of sp³-hybridized carbons (Fsp3) is 0.368. The first-order valence-electron chi connectivity index (χ1n) is 8.49. The third-order valence-corrected chi connectivity index (χ3v) is 4.15. The van der Waals surface area contributed by atoms with Gasteiger partial charge in [-0.2, -0.15) is 0 Å². The van der Waals surface area contributed by atoms with E-state index in [1.165, 1.54) is 6.26 Å². The number of halogens is 1. The van der Waals surface area contributed by atoms with Gasteiger partial charge in [0.25, 0.3) is 5.91 Å². The Kier molecular flexibility index (Phi) is 7.53. The lowest BCUT2D eigenvalue weighted by molar-refractivity contribution is 0.0925. The molecule has 1 amide bonds. The smallest absolute Gasteiger partial charge is 0.287 e. The van der Waals surface area contributed by atoms with Gasteiger partial charge >= 0.3 is 0 Å². The monoisotopic (exact) mass is 376 g/mol. The summed E-state index contributed by atoms with van der Waals surface area (Å²) >= 11 is 5.91. The van der Waals surface area contributed by atoms with E-state index in [2.05, 4.69) is 15.6 Å². The summed E-state index contributed by atoms with van der Waals surface area (Å²) in [4.78, 5) is 18.3. The van der Waals surface area contributed by atoms with Crippen molar-refractivity contribution in [3.8, 4) is 0 Å². The molecule has 0 aliphatic carbocycles. The van der Waals surface area contributed by atoms with Crippen LogP contribution in [0.3, 0.4) is 0 Å². The van der Waals surface area contributed by atoms with E-state index in [0.29, 0.717) is 18.8 Å². The Morgan fingerprint density at radius 1 is 1.19 bits per heavy atom. The van der Waals surface area contributed by atoms with Gasteiger partial charge in [-0.1, -0.05) is 23.7 Å². The van der Waals surface area contributed by atoms with Crippen molar-refractivity contribution in [2.45, 2.75) is 19.9 Å². The number of nitrogens with one attached hydrogen (secondary N) is 2. The van der Waals surface area contributed by atoms with Crippen LogP contribution in [0.2, 0.25) is 5.02 Å². The third-order valence-electron chi connectivity index (χ3n) is 3.90. The van der Waals surface area contributed by atoms with Crippen molar-refractivity contribution >= 4 is 23.5 Å². The zero-order valence-electron chi connectivity index (χ0n) is 15.4. The number of carbonyl (C=O) groups is 1. The second-order valence-corrected chi connectivity index (χ2v) is 6.44. The van der Waals surface area contributed by atoms with Crippen molar-refractivity contribution in [2.24, 2.45) is 4.99 Å². The number of nitrogens with zero attached hydrogens (tertiary/aromatic N) is 2. The fourth-order valence-corrected chi connectivity index (χ4v) is 2.63. The number of aliphatic imine (C=N–C) groups is 1. The Balaban J connectivity index is 1.70. The minimum absolute atomic E-state index is 0.184. The molecule has 1 aromatic heterocycles. The summed E-state index contributed by atoms with van der Waals surface area (Å²) in [5, 5.41) is 6.88. The molecule has 0 saturated heterocycles. The Morgan fingerprint density at radius 3 is 2.50 bits per heavy atom. The average molecular weight is 377 g/mol. The largest absolute Gasteiger partial charge is 0.459 e. The summed E-state index contributed by atoms with van der Waals surface area (Å²) in [5.41, 5.74) is 1.99. The van der Waals surface area contributed by atoms with Crippen molar-refractivity contribution in [3.05, 3.63) is 58.5 Å². The number of guanidine groups is 1. The van der Waals surface area contributed by atoms with E-state index in [4.69, 9.17) is 16.0 Å². The van der Waals surface area contributed by atoms with Crippen LogP contribution in [0.4, 0.5) is 0 Å². The molecule has 0 bridgehead atoms. The van der Waals surface area contributed by atoms with Crippen LogP contribution in [0.5, 0.6) is 0 Å². The molecule has 0 aliphatic rings. The standard InChI is InChI=1S/C19H25ClN4O2/c1-14-9-12-26-17(14)18(25)22-10-4-11-23-19(21-2)24(3)13-15-5-7-16(20)8-6-15/h5-9,12H,4,10-11,13H2,1-3H3,(H,21,23)(H,22,25). The molecular formula is C19H25ClN4O2.